The van der Waals surface area contributed by atoms with Gasteiger partial charge >= 0.3 is 5.97 Å². The van der Waals surface area contributed by atoms with Crippen molar-refractivity contribution < 1.29 is 19.1 Å². The van der Waals surface area contributed by atoms with Crippen LogP contribution in [0, 0.1) is 6.92 Å². The van der Waals surface area contributed by atoms with Crippen LogP contribution in [0.3, 0.4) is 0 Å². The molecule has 0 radical (unpaired) electrons. The van der Waals surface area contributed by atoms with Crippen molar-refractivity contribution in [3.05, 3.63) is 65.2 Å². The quantitative estimate of drug-likeness (QED) is 0.717. The van der Waals surface area contributed by atoms with Gasteiger partial charge in [0.25, 0.3) is 5.91 Å². The Kier molecular flexibility index (Phi) is 7.41. The number of hydrogen-bond acceptors (Lipinski definition) is 4. The highest BCUT2D eigenvalue weighted by molar-refractivity contribution is 5.81. The van der Waals surface area contributed by atoms with E-state index in [2.05, 4.69) is 19.2 Å². The van der Waals surface area contributed by atoms with Crippen LogP contribution in [0.4, 0.5) is 0 Å². The lowest BCUT2D eigenvalue weighted by Gasteiger charge is -2.15. The monoisotopic (exact) mass is 369 g/mol. The molecule has 0 aliphatic rings. The van der Waals surface area contributed by atoms with E-state index in [1.807, 2.05) is 62.4 Å². The zero-order chi connectivity index (χ0) is 19.8. The zero-order valence-electron chi connectivity index (χ0n) is 16.3. The van der Waals surface area contributed by atoms with Crippen molar-refractivity contribution in [1.29, 1.82) is 0 Å². The number of benzene rings is 2. The number of nitrogens with one attached hydrogen (secondary N) is 1. The highest BCUT2D eigenvalue weighted by atomic mass is 16.6. The lowest BCUT2D eigenvalue weighted by Crippen LogP contribution is -2.32. The largest absolute Gasteiger partial charge is 0.482 e. The molecule has 2 aromatic carbocycles. The van der Waals surface area contributed by atoms with E-state index in [0.29, 0.717) is 5.75 Å². The SMILES string of the molecule is Cc1ccc(C(C)C)c(OCC(=O)OCC(=O)N[C@@H](C)c2ccccc2)c1. The molecule has 1 amide bonds. The van der Waals surface area contributed by atoms with Crippen LogP contribution < -0.4 is 10.1 Å². The molecule has 0 saturated carbocycles. The summed E-state index contributed by atoms with van der Waals surface area (Å²) >= 11 is 0. The molecule has 0 heterocycles. The molecule has 0 bridgehead atoms. The number of rotatable bonds is 8. The van der Waals surface area contributed by atoms with Crippen LogP contribution in [0.5, 0.6) is 5.75 Å². The van der Waals surface area contributed by atoms with E-state index >= 15 is 0 Å². The first-order valence-electron chi connectivity index (χ1n) is 9.10. The first-order chi connectivity index (χ1) is 12.9. The number of ether oxygens (including phenoxy) is 2. The average Bonchev–Trinajstić information content (AvgIpc) is 2.65. The van der Waals surface area contributed by atoms with Gasteiger partial charge in [-0.15, -0.1) is 0 Å². The minimum atomic E-state index is -0.575. The Morgan fingerprint density at radius 2 is 1.70 bits per heavy atom. The lowest BCUT2D eigenvalue weighted by atomic mass is 10.0. The van der Waals surface area contributed by atoms with Crippen LogP contribution in [0.25, 0.3) is 0 Å². The van der Waals surface area contributed by atoms with Gasteiger partial charge in [-0.2, -0.15) is 0 Å². The molecular weight excluding hydrogens is 342 g/mol. The van der Waals surface area contributed by atoms with Crippen molar-refractivity contribution in [3.8, 4) is 5.75 Å². The lowest BCUT2D eigenvalue weighted by molar-refractivity contribution is -0.150. The topological polar surface area (TPSA) is 64.6 Å². The zero-order valence-corrected chi connectivity index (χ0v) is 16.3. The van der Waals surface area contributed by atoms with Gasteiger partial charge in [0.15, 0.2) is 13.2 Å². The summed E-state index contributed by atoms with van der Waals surface area (Å²) in [4.78, 5) is 23.9. The highest BCUT2D eigenvalue weighted by Crippen LogP contribution is 2.27. The summed E-state index contributed by atoms with van der Waals surface area (Å²) in [7, 11) is 0. The second-order valence-corrected chi connectivity index (χ2v) is 6.85. The highest BCUT2D eigenvalue weighted by Gasteiger charge is 2.14. The Morgan fingerprint density at radius 3 is 2.37 bits per heavy atom. The van der Waals surface area contributed by atoms with E-state index in [4.69, 9.17) is 9.47 Å². The Morgan fingerprint density at radius 1 is 1.00 bits per heavy atom. The summed E-state index contributed by atoms with van der Waals surface area (Å²) in [5.74, 6) is 0.0258. The third kappa shape index (κ3) is 6.44. The number of amides is 1. The molecule has 5 heteroatoms. The summed E-state index contributed by atoms with van der Waals surface area (Å²) in [6.07, 6.45) is 0. The normalized spacial score (nSPS) is 11.7. The molecule has 0 fully saturated rings. The molecule has 1 N–H and O–H groups in total. The summed E-state index contributed by atoms with van der Waals surface area (Å²) in [5, 5.41) is 2.80. The smallest absolute Gasteiger partial charge is 0.344 e. The van der Waals surface area contributed by atoms with Gasteiger partial charge in [0.1, 0.15) is 5.75 Å². The molecular formula is C22H27NO4. The van der Waals surface area contributed by atoms with Crippen LogP contribution in [0.2, 0.25) is 0 Å². The molecule has 0 aliphatic carbocycles. The van der Waals surface area contributed by atoms with Gasteiger partial charge in [0.05, 0.1) is 6.04 Å². The van der Waals surface area contributed by atoms with Crippen molar-refractivity contribution in [2.45, 2.75) is 39.7 Å². The minimum absolute atomic E-state index is 0.158. The number of esters is 1. The molecule has 144 valence electrons. The molecule has 0 aromatic heterocycles. The Balaban J connectivity index is 1.79. The van der Waals surface area contributed by atoms with Crippen molar-refractivity contribution >= 4 is 11.9 Å². The maximum atomic E-state index is 12.0. The minimum Gasteiger partial charge on any atom is -0.482 e. The molecule has 0 unspecified atom stereocenters. The van der Waals surface area contributed by atoms with Crippen LogP contribution in [0.1, 0.15) is 49.4 Å². The van der Waals surface area contributed by atoms with E-state index in [0.717, 1.165) is 16.7 Å². The van der Waals surface area contributed by atoms with Crippen molar-refractivity contribution in [1.82, 2.24) is 5.32 Å². The standard InChI is InChI=1S/C22H27NO4/c1-15(2)19-11-10-16(3)12-20(19)26-14-22(25)27-13-21(24)23-17(4)18-8-6-5-7-9-18/h5-12,15,17H,13-14H2,1-4H3,(H,23,24)/t17-/m0/s1. The Bertz CT molecular complexity index is 771. The van der Waals surface area contributed by atoms with Crippen LogP contribution >= 0.6 is 0 Å². The second kappa shape index (κ2) is 9.76. The van der Waals surface area contributed by atoms with Crippen molar-refractivity contribution in [2.24, 2.45) is 0 Å². The number of carbonyl (C=O) groups excluding carboxylic acids is 2. The third-order valence-electron chi connectivity index (χ3n) is 4.18. The molecule has 0 spiro atoms. The summed E-state index contributed by atoms with van der Waals surface area (Å²) < 4.78 is 10.6. The molecule has 0 aliphatic heterocycles. The van der Waals surface area contributed by atoms with Gasteiger partial charge in [-0.05, 0) is 42.5 Å². The first-order valence-corrected chi connectivity index (χ1v) is 9.10. The van der Waals surface area contributed by atoms with E-state index in [1.54, 1.807) is 0 Å². The van der Waals surface area contributed by atoms with Crippen LogP contribution in [0.15, 0.2) is 48.5 Å². The predicted molar refractivity (Wildman–Crippen MR) is 105 cm³/mol. The Hall–Kier alpha value is -2.82. The van der Waals surface area contributed by atoms with E-state index in [9.17, 15) is 9.59 Å². The van der Waals surface area contributed by atoms with E-state index in [1.165, 1.54) is 0 Å². The summed E-state index contributed by atoms with van der Waals surface area (Å²) in [5.41, 5.74) is 3.07. The van der Waals surface area contributed by atoms with Gasteiger partial charge in [-0.1, -0.05) is 56.3 Å². The van der Waals surface area contributed by atoms with Crippen LogP contribution in [-0.4, -0.2) is 25.1 Å². The average molecular weight is 369 g/mol. The third-order valence-corrected chi connectivity index (χ3v) is 4.18. The molecule has 1 atom stereocenters. The summed E-state index contributed by atoms with van der Waals surface area (Å²) in [6, 6.07) is 15.3. The molecule has 27 heavy (non-hydrogen) atoms. The molecule has 2 aromatic rings. The molecule has 5 nitrogen and oxygen atoms in total. The van der Waals surface area contributed by atoms with Crippen molar-refractivity contribution in [3.63, 3.8) is 0 Å². The maximum Gasteiger partial charge on any atom is 0.344 e. The predicted octanol–water partition coefficient (Wildman–Crippen LogP) is 3.92. The summed E-state index contributed by atoms with van der Waals surface area (Å²) in [6.45, 7) is 7.41. The van der Waals surface area contributed by atoms with Crippen LogP contribution in [-0.2, 0) is 14.3 Å². The maximum absolute atomic E-state index is 12.0. The van der Waals surface area contributed by atoms with Gasteiger partial charge < -0.3 is 14.8 Å². The molecule has 0 saturated heterocycles. The molecule has 2 rings (SSSR count). The fourth-order valence-corrected chi connectivity index (χ4v) is 2.68. The first kappa shape index (κ1) is 20.5. The number of hydrogen-bond donors (Lipinski definition) is 1. The fraction of sp³-hybridized carbons (Fsp3) is 0.364. The van der Waals surface area contributed by atoms with E-state index in [-0.39, 0.29) is 31.1 Å². The fourth-order valence-electron chi connectivity index (χ4n) is 2.68. The Labute approximate surface area is 160 Å². The van der Waals surface area contributed by atoms with Gasteiger partial charge in [-0.25, -0.2) is 4.79 Å². The van der Waals surface area contributed by atoms with Gasteiger partial charge in [-0.3, -0.25) is 4.79 Å². The van der Waals surface area contributed by atoms with Gasteiger partial charge in [0, 0.05) is 0 Å². The van der Waals surface area contributed by atoms with E-state index < -0.39 is 5.97 Å². The van der Waals surface area contributed by atoms with Gasteiger partial charge in [0.2, 0.25) is 0 Å². The second-order valence-electron chi connectivity index (χ2n) is 6.85. The number of carbonyl (C=O) groups is 2. The number of aryl methyl sites for hydroxylation is 1. The van der Waals surface area contributed by atoms with Crippen molar-refractivity contribution in [2.75, 3.05) is 13.2 Å².